The van der Waals surface area contributed by atoms with Crippen molar-refractivity contribution >= 4 is 20.9 Å². The molecule has 0 unspecified atom stereocenters. The number of sulfonamides is 1. The lowest BCUT2D eigenvalue weighted by Gasteiger charge is -2.15. The monoisotopic (exact) mass is 266 g/mol. The van der Waals surface area contributed by atoms with Crippen LogP contribution in [0.5, 0.6) is 0 Å². The van der Waals surface area contributed by atoms with Gasteiger partial charge in [-0.15, -0.1) is 0 Å². The number of nitrogens with zero attached hydrogens (tertiary/aromatic N) is 2. The summed E-state index contributed by atoms with van der Waals surface area (Å²) in [6.45, 7) is 1.91. The van der Waals surface area contributed by atoms with Gasteiger partial charge < -0.3 is 0 Å². The van der Waals surface area contributed by atoms with Gasteiger partial charge in [0.2, 0.25) is 0 Å². The van der Waals surface area contributed by atoms with Gasteiger partial charge in [0.25, 0.3) is 10.0 Å². The first-order valence-corrected chi connectivity index (χ1v) is 6.79. The fourth-order valence-electron chi connectivity index (χ4n) is 1.69. The maximum atomic E-state index is 12.2. The van der Waals surface area contributed by atoms with Crippen molar-refractivity contribution in [2.75, 3.05) is 14.2 Å². The molecule has 1 heterocycles. The Morgan fingerprint density at radius 2 is 2.06 bits per heavy atom. The molecule has 18 heavy (non-hydrogen) atoms. The number of benzene rings is 1. The van der Waals surface area contributed by atoms with Crippen LogP contribution in [0.3, 0.4) is 0 Å². The van der Waals surface area contributed by atoms with Crippen molar-refractivity contribution in [1.29, 1.82) is 0 Å². The van der Waals surface area contributed by atoms with Crippen molar-refractivity contribution in [3.63, 3.8) is 0 Å². The number of hydroxylamine groups is 1. The van der Waals surface area contributed by atoms with Crippen molar-refractivity contribution in [2.24, 2.45) is 0 Å². The van der Waals surface area contributed by atoms with Crippen molar-refractivity contribution in [3.05, 3.63) is 36.0 Å². The molecule has 2 rings (SSSR count). The SMILES string of the molecule is CON(C)S(=O)(=O)c1cccc2cc(C)cnc12. The zero-order valence-corrected chi connectivity index (χ0v) is 11.2. The third-order valence-electron chi connectivity index (χ3n) is 2.68. The average molecular weight is 266 g/mol. The Balaban J connectivity index is 2.73. The first kappa shape index (κ1) is 12.9. The Bertz CT molecular complexity index is 683. The molecule has 0 bridgehead atoms. The predicted octanol–water partition coefficient (Wildman–Crippen LogP) is 1.73. The molecule has 1 aromatic carbocycles. The maximum Gasteiger partial charge on any atom is 0.266 e. The van der Waals surface area contributed by atoms with E-state index in [1.165, 1.54) is 20.2 Å². The summed E-state index contributed by atoms with van der Waals surface area (Å²) in [6, 6.07) is 6.95. The molecule has 0 aliphatic rings. The third kappa shape index (κ3) is 2.10. The number of fused-ring (bicyclic) bond motifs is 1. The first-order chi connectivity index (χ1) is 8.46. The molecule has 5 nitrogen and oxygen atoms in total. The van der Waals surface area contributed by atoms with Crippen LogP contribution in [0.2, 0.25) is 0 Å². The molecule has 0 amide bonds. The standard InChI is InChI=1S/C12H14N2O3S/c1-9-7-10-5-4-6-11(12(10)13-8-9)18(15,16)14(2)17-3/h4-8H,1-3H3. The van der Waals surface area contributed by atoms with Crippen molar-refractivity contribution in [2.45, 2.75) is 11.8 Å². The van der Waals surface area contributed by atoms with Crippen LogP contribution >= 0.6 is 0 Å². The number of hydrogen-bond donors (Lipinski definition) is 0. The second-order valence-electron chi connectivity index (χ2n) is 3.94. The highest BCUT2D eigenvalue weighted by Crippen LogP contribution is 2.23. The van der Waals surface area contributed by atoms with Crippen LogP contribution in [0.25, 0.3) is 10.9 Å². The van der Waals surface area contributed by atoms with Gasteiger partial charge in [-0.3, -0.25) is 9.82 Å². The second-order valence-corrected chi connectivity index (χ2v) is 5.84. The lowest BCUT2D eigenvalue weighted by Crippen LogP contribution is -2.26. The average Bonchev–Trinajstić information content (AvgIpc) is 2.36. The number of rotatable bonds is 3. The van der Waals surface area contributed by atoms with E-state index >= 15 is 0 Å². The fraction of sp³-hybridized carbons (Fsp3) is 0.250. The van der Waals surface area contributed by atoms with E-state index in [4.69, 9.17) is 4.84 Å². The van der Waals surface area contributed by atoms with Gasteiger partial charge in [-0.2, -0.15) is 0 Å². The van der Waals surface area contributed by atoms with E-state index in [1.54, 1.807) is 12.3 Å². The number of pyridine rings is 1. The molecule has 2 aromatic rings. The lowest BCUT2D eigenvalue weighted by atomic mass is 10.2. The minimum Gasteiger partial charge on any atom is -0.288 e. The van der Waals surface area contributed by atoms with Gasteiger partial charge in [0.1, 0.15) is 4.90 Å². The fourth-order valence-corrected chi connectivity index (χ4v) is 2.83. The minimum absolute atomic E-state index is 0.143. The maximum absolute atomic E-state index is 12.2. The summed E-state index contributed by atoms with van der Waals surface area (Å²) in [4.78, 5) is 9.10. The Labute approximate surface area is 106 Å². The number of aromatic nitrogens is 1. The molecule has 0 saturated carbocycles. The molecular formula is C12H14N2O3S. The molecule has 0 spiro atoms. The van der Waals surface area contributed by atoms with Gasteiger partial charge in [0.05, 0.1) is 12.6 Å². The smallest absolute Gasteiger partial charge is 0.266 e. The molecule has 0 atom stereocenters. The van der Waals surface area contributed by atoms with Gasteiger partial charge >= 0.3 is 0 Å². The van der Waals surface area contributed by atoms with Gasteiger partial charge in [-0.05, 0) is 24.6 Å². The molecular weight excluding hydrogens is 252 g/mol. The molecule has 0 saturated heterocycles. The molecule has 96 valence electrons. The molecule has 6 heteroatoms. The van der Waals surface area contributed by atoms with Crippen LogP contribution in [0, 0.1) is 6.92 Å². The van der Waals surface area contributed by atoms with E-state index in [1.807, 2.05) is 19.1 Å². The Kier molecular flexibility index (Phi) is 3.34. The van der Waals surface area contributed by atoms with Crippen LogP contribution in [0.1, 0.15) is 5.56 Å². The van der Waals surface area contributed by atoms with E-state index in [0.717, 1.165) is 15.4 Å². The molecule has 1 aromatic heterocycles. The Morgan fingerprint density at radius 1 is 1.33 bits per heavy atom. The van der Waals surface area contributed by atoms with Crippen LogP contribution in [0.4, 0.5) is 0 Å². The topological polar surface area (TPSA) is 59.5 Å². The van der Waals surface area contributed by atoms with E-state index in [9.17, 15) is 8.42 Å². The largest absolute Gasteiger partial charge is 0.288 e. The van der Waals surface area contributed by atoms with Crippen LogP contribution in [-0.2, 0) is 14.9 Å². The molecule has 0 aliphatic heterocycles. The quantitative estimate of drug-likeness (QED) is 0.794. The molecule has 0 N–H and O–H groups in total. The summed E-state index contributed by atoms with van der Waals surface area (Å²) in [7, 11) is -1.02. The van der Waals surface area contributed by atoms with E-state index in [2.05, 4.69) is 4.98 Å². The van der Waals surface area contributed by atoms with Crippen LogP contribution in [0.15, 0.2) is 35.4 Å². The lowest BCUT2D eigenvalue weighted by molar-refractivity contribution is -0.0257. The van der Waals surface area contributed by atoms with E-state index < -0.39 is 10.0 Å². The molecule has 0 radical (unpaired) electrons. The summed E-state index contributed by atoms with van der Waals surface area (Å²) >= 11 is 0. The van der Waals surface area contributed by atoms with Gasteiger partial charge in [0.15, 0.2) is 0 Å². The number of hydrogen-bond acceptors (Lipinski definition) is 4. The van der Waals surface area contributed by atoms with Crippen molar-refractivity contribution in [1.82, 2.24) is 9.45 Å². The van der Waals surface area contributed by atoms with Gasteiger partial charge in [-0.25, -0.2) is 8.42 Å². The minimum atomic E-state index is -3.68. The summed E-state index contributed by atoms with van der Waals surface area (Å²) < 4.78 is 25.3. The highest BCUT2D eigenvalue weighted by Gasteiger charge is 2.23. The zero-order chi connectivity index (χ0) is 13.3. The van der Waals surface area contributed by atoms with Gasteiger partial charge in [0, 0.05) is 18.6 Å². The zero-order valence-electron chi connectivity index (χ0n) is 10.4. The summed E-state index contributed by atoms with van der Waals surface area (Å²) in [5.74, 6) is 0. The number of aryl methyl sites for hydroxylation is 1. The third-order valence-corrected chi connectivity index (χ3v) is 4.40. The van der Waals surface area contributed by atoms with E-state index in [0.29, 0.717) is 5.52 Å². The summed E-state index contributed by atoms with van der Waals surface area (Å²) in [5, 5.41) is 0.792. The van der Waals surface area contributed by atoms with Crippen molar-refractivity contribution in [3.8, 4) is 0 Å². The first-order valence-electron chi connectivity index (χ1n) is 5.35. The molecule has 0 aliphatic carbocycles. The van der Waals surface area contributed by atoms with Crippen molar-refractivity contribution < 1.29 is 13.3 Å². The van der Waals surface area contributed by atoms with Crippen LogP contribution in [-0.4, -0.2) is 32.0 Å². The Morgan fingerprint density at radius 3 is 2.72 bits per heavy atom. The second kappa shape index (κ2) is 4.64. The molecule has 0 fully saturated rings. The van der Waals surface area contributed by atoms with E-state index in [-0.39, 0.29) is 4.90 Å². The normalized spacial score (nSPS) is 12.2. The predicted molar refractivity (Wildman–Crippen MR) is 68.4 cm³/mol. The van der Waals surface area contributed by atoms with Crippen LogP contribution < -0.4 is 0 Å². The summed E-state index contributed by atoms with van der Waals surface area (Å²) in [6.07, 6.45) is 1.65. The summed E-state index contributed by atoms with van der Waals surface area (Å²) in [5.41, 5.74) is 1.43. The van der Waals surface area contributed by atoms with Gasteiger partial charge in [-0.1, -0.05) is 16.6 Å². The highest BCUT2D eigenvalue weighted by molar-refractivity contribution is 7.89. The highest BCUT2D eigenvalue weighted by atomic mass is 32.2. The Hall–Kier alpha value is -1.50. The number of para-hydroxylation sites is 1.